The molecule has 0 amide bonds. The van der Waals surface area contributed by atoms with E-state index in [2.05, 4.69) is 26.2 Å². The summed E-state index contributed by atoms with van der Waals surface area (Å²) in [6.45, 7) is 11.7. The SMILES string of the molecule is C=C/C(=C\C=C/C)CCC(=C)C. The van der Waals surface area contributed by atoms with Crippen molar-refractivity contribution in [2.24, 2.45) is 0 Å². The van der Waals surface area contributed by atoms with Gasteiger partial charge in [-0.2, -0.15) is 0 Å². The van der Waals surface area contributed by atoms with E-state index in [-0.39, 0.29) is 0 Å². The number of allylic oxidation sites excluding steroid dienone is 6. The summed E-state index contributed by atoms with van der Waals surface area (Å²) in [7, 11) is 0. The molecule has 0 atom stereocenters. The third kappa shape index (κ3) is 5.72. The molecule has 0 bridgehead atoms. The Kier molecular flexibility index (Phi) is 6.08. The summed E-state index contributed by atoms with van der Waals surface area (Å²) in [4.78, 5) is 0. The van der Waals surface area contributed by atoms with Crippen molar-refractivity contribution >= 4 is 0 Å². The molecule has 0 heteroatoms. The predicted octanol–water partition coefficient (Wildman–Crippen LogP) is 4.03. The third-order valence-electron chi connectivity index (χ3n) is 1.61. The van der Waals surface area contributed by atoms with Gasteiger partial charge in [0.25, 0.3) is 0 Å². The van der Waals surface area contributed by atoms with Crippen molar-refractivity contribution < 1.29 is 0 Å². The Bertz CT molecular complexity index is 204. The van der Waals surface area contributed by atoms with E-state index in [1.807, 2.05) is 25.2 Å². The summed E-state index contributed by atoms with van der Waals surface area (Å²) in [6, 6.07) is 0. The van der Waals surface area contributed by atoms with Gasteiger partial charge in [-0.25, -0.2) is 0 Å². The van der Waals surface area contributed by atoms with Crippen LogP contribution in [-0.4, -0.2) is 0 Å². The van der Waals surface area contributed by atoms with Gasteiger partial charge in [0, 0.05) is 0 Å². The Morgan fingerprint density at radius 1 is 1.33 bits per heavy atom. The first-order chi connectivity index (χ1) is 5.70. The fourth-order valence-corrected chi connectivity index (χ4v) is 0.831. The first kappa shape index (κ1) is 11.0. The third-order valence-corrected chi connectivity index (χ3v) is 1.61. The van der Waals surface area contributed by atoms with E-state index in [0.29, 0.717) is 0 Å². The first-order valence-electron chi connectivity index (χ1n) is 4.29. The summed E-state index contributed by atoms with van der Waals surface area (Å²) < 4.78 is 0. The van der Waals surface area contributed by atoms with E-state index in [4.69, 9.17) is 0 Å². The zero-order valence-corrected chi connectivity index (χ0v) is 8.14. The second-order valence-corrected chi connectivity index (χ2v) is 2.93. The summed E-state index contributed by atoms with van der Waals surface area (Å²) in [5, 5.41) is 0. The fraction of sp³-hybridized carbons (Fsp3) is 0.333. The molecule has 0 nitrogen and oxygen atoms in total. The van der Waals surface area contributed by atoms with Gasteiger partial charge in [0.05, 0.1) is 0 Å². The molecule has 0 aromatic heterocycles. The smallest absolute Gasteiger partial charge is 0.0242 e. The van der Waals surface area contributed by atoms with Gasteiger partial charge < -0.3 is 0 Å². The minimum Gasteiger partial charge on any atom is -0.100 e. The van der Waals surface area contributed by atoms with Crippen LogP contribution in [0.3, 0.4) is 0 Å². The normalized spacial score (nSPS) is 12.0. The largest absolute Gasteiger partial charge is 0.100 e. The predicted molar refractivity (Wildman–Crippen MR) is 57.1 cm³/mol. The van der Waals surface area contributed by atoms with E-state index in [1.54, 1.807) is 0 Å². The van der Waals surface area contributed by atoms with Crippen LogP contribution in [-0.2, 0) is 0 Å². The number of hydrogen-bond acceptors (Lipinski definition) is 0. The van der Waals surface area contributed by atoms with E-state index in [0.717, 1.165) is 12.8 Å². The average Bonchev–Trinajstić information content (AvgIpc) is 2.05. The summed E-state index contributed by atoms with van der Waals surface area (Å²) >= 11 is 0. The molecular formula is C12H18. The zero-order chi connectivity index (χ0) is 9.40. The molecule has 0 heterocycles. The molecule has 0 rings (SSSR count). The Hall–Kier alpha value is -1.04. The van der Waals surface area contributed by atoms with E-state index >= 15 is 0 Å². The van der Waals surface area contributed by atoms with E-state index < -0.39 is 0 Å². The maximum atomic E-state index is 3.86. The highest BCUT2D eigenvalue weighted by Gasteiger charge is 1.90. The summed E-state index contributed by atoms with van der Waals surface area (Å²) in [5.74, 6) is 0. The molecule has 0 saturated heterocycles. The lowest BCUT2D eigenvalue weighted by molar-refractivity contribution is 0.951. The maximum Gasteiger partial charge on any atom is -0.0242 e. The Morgan fingerprint density at radius 3 is 2.42 bits per heavy atom. The minimum atomic E-state index is 1.04. The first-order valence-corrected chi connectivity index (χ1v) is 4.29. The molecule has 0 aliphatic heterocycles. The zero-order valence-electron chi connectivity index (χ0n) is 8.14. The van der Waals surface area contributed by atoms with Crippen molar-refractivity contribution in [1.82, 2.24) is 0 Å². The molecular weight excluding hydrogens is 144 g/mol. The Labute approximate surface area is 76.0 Å². The van der Waals surface area contributed by atoms with Crippen LogP contribution >= 0.6 is 0 Å². The quantitative estimate of drug-likeness (QED) is 0.423. The molecule has 0 aliphatic rings. The van der Waals surface area contributed by atoms with Crippen LogP contribution < -0.4 is 0 Å². The standard InChI is InChI=1S/C12H18/c1-5-7-8-12(6-2)10-9-11(3)4/h5-8H,2-3,9-10H2,1,4H3/b7-5-,12-8+. The fourth-order valence-electron chi connectivity index (χ4n) is 0.831. The minimum absolute atomic E-state index is 1.04. The molecule has 0 fully saturated rings. The van der Waals surface area contributed by atoms with Gasteiger partial charge in [0.2, 0.25) is 0 Å². The van der Waals surface area contributed by atoms with Gasteiger partial charge in [-0.15, -0.1) is 6.58 Å². The van der Waals surface area contributed by atoms with Gasteiger partial charge in [0.1, 0.15) is 0 Å². The Morgan fingerprint density at radius 2 is 2.00 bits per heavy atom. The molecule has 0 saturated carbocycles. The van der Waals surface area contributed by atoms with Crippen molar-refractivity contribution in [2.75, 3.05) is 0 Å². The number of rotatable bonds is 5. The average molecular weight is 162 g/mol. The van der Waals surface area contributed by atoms with Gasteiger partial charge in [-0.1, -0.05) is 36.5 Å². The van der Waals surface area contributed by atoms with Crippen LogP contribution in [0.2, 0.25) is 0 Å². The molecule has 0 aliphatic carbocycles. The molecule has 12 heavy (non-hydrogen) atoms. The monoisotopic (exact) mass is 162 g/mol. The molecule has 0 spiro atoms. The van der Waals surface area contributed by atoms with Crippen molar-refractivity contribution in [1.29, 1.82) is 0 Å². The molecule has 0 N–H and O–H groups in total. The van der Waals surface area contributed by atoms with Crippen LogP contribution in [0.15, 0.2) is 48.6 Å². The van der Waals surface area contributed by atoms with Crippen molar-refractivity contribution in [2.45, 2.75) is 26.7 Å². The molecule has 0 aromatic carbocycles. The Balaban J connectivity index is 3.99. The summed E-state index contributed by atoms with van der Waals surface area (Å²) in [6.07, 6.45) is 10.1. The van der Waals surface area contributed by atoms with Crippen molar-refractivity contribution in [3.05, 3.63) is 48.6 Å². The lowest BCUT2D eigenvalue weighted by Gasteiger charge is -1.99. The van der Waals surface area contributed by atoms with Crippen LogP contribution in [0.25, 0.3) is 0 Å². The molecule has 0 radical (unpaired) electrons. The van der Waals surface area contributed by atoms with Gasteiger partial charge in [-0.05, 0) is 32.3 Å². The van der Waals surface area contributed by atoms with Crippen LogP contribution in [0.1, 0.15) is 26.7 Å². The van der Waals surface area contributed by atoms with E-state index in [1.165, 1.54) is 11.1 Å². The topological polar surface area (TPSA) is 0 Å². The van der Waals surface area contributed by atoms with E-state index in [9.17, 15) is 0 Å². The molecule has 0 aromatic rings. The van der Waals surface area contributed by atoms with Gasteiger partial charge in [-0.3, -0.25) is 0 Å². The highest BCUT2D eigenvalue weighted by Crippen LogP contribution is 2.10. The van der Waals surface area contributed by atoms with Crippen molar-refractivity contribution in [3.8, 4) is 0 Å². The van der Waals surface area contributed by atoms with Crippen molar-refractivity contribution in [3.63, 3.8) is 0 Å². The van der Waals surface area contributed by atoms with Crippen LogP contribution in [0, 0.1) is 0 Å². The lowest BCUT2D eigenvalue weighted by Crippen LogP contribution is -1.79. The van der Waals surface area contributed by atoms with Gasteiger partial charge >= 0.3 is 0 Å². The van der Waals surface area contributed by atoms with Crippen LogP contribution in [0.5, 0.6) is 0 Å². The summed E-state index contributed by atoms with van der Waals surface area (Å²) in [5.41, 5.74) is 2.50. The maximum absolute atomic E-state index is 3.86. The second kappa shape index (κ2) is 6.66. The second-order valence-electron chi connectivity index (χ2n) is 2.93. The lowest BCUT2D eigenvalue weighted by atomic mass is 10.1. The number of hydrogen-bond donors (Lipinski definition) is 0. The molecule has 0 unspecified atom stereocenters. The highest BCUT2D eigenvalue weighted by molar-refractivity contribution is 5.22. The van der Waals surface area contributed by atoms with Crippen LogP contribution in [0.4, 0.5) is 0 Å². The highest BCUT2D eigenvalue weighted by atomic mass is 14.0. The van der Waals surface area contributed by atoms with Gasteiger partial charge in [0.15, 0.2) is 0 Å². The molecule has 66 valence electrons.